The van der Waals surface area contributed by atoms with Crippen LogP contribution in [-0.2, 0) is 4.79 Å². The van der Waals surface area contributed by atoms with E-state index in [1.54, 1.807) is 16.8 Å². The topological polar surface area (TPSA) is 78.0 Å². The fourth-order valence-electron chi connectivity index (χ4n) is 1.94. The summed E-state index contributed by atoms with van der Waals surface area (Å²) in [5.74, 6) is -0.415. The molecule has 2 aromatic rings. The molecule has 0 spiro atoms. The molecule has 2 rings (SSSR count). The van der Waals surface area contributed by atoms with Crippen molar-refractivity contribution in [3.8, 4) is 11.8 Å². The van der Waals surface area contributed by atoms with E-state index in [1.165, 1.54) is 18.2 Å². The molecule has 0 saturated heterocycles. The maximum Gasteiger partial charge on any atom is 0.280 e. The van der Waals surface area contributed by atoms with E-state index in [2.05, 4.69) is 5.43 Å². The van der Waals surface area contributed by atoms with Crippen molar-refractivity contribution in [2.75, 3.05) is 5.43 Å². The third-order valence-electron chi connectivity index (χ3n) is 3.03. The summed E-state index contributed by atoms with van der Waals surface area (Å²) in [6, 6.07) is 12.0. The molecular formula is C16H15N3O2. The van der Waals surface area contributed by atoms with Crippen LogP contribution >= 0.6 is 0 Å². The van der Waals surface area contributed by atoms with Crippen LogP contribution < -0.4 is 5.43 Å². The van der Waals surface area contributed by atoms with Gasteiger partial charge in [-0.1, -0.05) is 12.1 Å². The molecule has 0 aliphatic heterocycles. The van der Waals surface area contributed by atoms with Crippen LogP contribution in [-0.4, -0.2) is 15.7 Å². The minimum absolute atomic E-state index is 0.0342. The van der Waals surface area contributed by atoms with Gasteiger partial charge in [0.25, 0.3) is 5.91 Å². The summed E-state index contributed by atoms with van der Waals surface area (Å²) in [5, 5.41) is 18.5. The first-order valence-electron chi connectivity index (χ1n) is 6.38. The van der Waals surface area contributed by atoms with Gasteiger partial charge in [0, 0.05) is 11.4 Å². The highest BCUT2D eigenvalue weighted by Crippen LogP contribution is 2.14. The molecule has 0 fully saturated rings. The molecular weight excluding hydrogens is 266 g/mol. The third-order valence-corrected chi connectivity index (χ3v) is 3.03. The number of hydrogen-bond acceptors (Lipinski definition) is 3. The lowest BCUT2D eigenvalue weighted by atomic mass is 10.1. The largest absolute Gasteiger partial charge is 0.508 e. The highest BCUT2D eigenvalue weighted by molar-refractivity contribution is 6.06. The zero-order chi connectivity index (χ0) is 15.4. The van der Waals surface area contributed by atoms with Gasteiger partial charge >= 0.3 is 0 Å². The predicted octanol–water partition coefficient (Wildman–Crippen LogP) is 2.49. The molecule has 0 unspecified atom stereocenters. The Balaban J connectivity index is 2.26. The predicted molar refractivity (Wildman–Crippen MR) is 80.0 cm³/mol. The van der Waals surface area contributed by atoms with Crippen LogP contribution in [0.4, 0.5) is 0 Å². The average Bonchev–Trinajstić information content (AvgIpc) is 2.76. The second kappa shape index (κ2) is 5.97. The number of aryl methyl sites for hydroxylation is 2. The fourth-order valence-corrected chi connectivity index (χ4v) is 1.94. The molecule has 0 aliphatic rings. The van der Waals surface area contributed by atoms with E-state index in [0.29, 0.717) is 5.56 Å². The molecule has 0 saturated carbocycles. The number of carbonyl (C=O) groups excluding carboxylic acids is 1. The van der Waals surface area contributed by atoms with E-state index in [4.69, 9.17) is 5.26 Å². The van der Waals surface area contributed by atoms with Gasteiger partial charge in [-0.05, 0) is 49.8 Å². The molecule has 0 radical (unpaired) electrons. The van der Waals surface area contributed by atoms with Gasteiger partial charge in [-0.2, -0.15) is 5.26 Å². The molecule has 1 aromatic heterocycles. The number of hydrogen-bond donors (Lipinski definition) is 2. The molecule has 1 aromatic carbocycles. The van der Waals surface area contributed by atoms with Gasteiger partial charge < -0.3 is 5.11 Å². The molecule has 5 heteroatoms. The molecule has 2 N–H and O–H groups in total. The van der Waals surface area contributed by atoms with E-state index in [9.17, 15) is 9.90 Å². The van der Waals surface area contributed by atoms with E-state index in [0.717, 1.165) is 11.4 Å². The zero-order valence-corrected chi connectivity index (χ0v) is 11.8. The lowest BCUT2D eigenvalue weighted by Gasteiger charge is -2.10. The van der Waals surface area contributed by atoms with Crippen LogP contribution in [0.25, 0.3) is 6.08 Å². The third kappa shape index (κ3) is 3.31. The van der Waals surface area contributed by atoms with Gasteiger partial charge in [0.15, 0.2) is 0 Å². The lowest BCUT2D eigenvalue weighted by molar-refractivity contribution is -0.113. The number of nitriles is 1. The van der Waals surface area contributed by atoms with Crippen molar-refractivity contribution in [2.45, 2.75) is 13.8 Å². The van der Waals surface area contributed by atoms with Crippen molar-refractivity contribution in [2.24, 2.45) is 0 Å². The van der Waals surface area contributed by atoms with Crippen LogP contribution in [0.1, 0.15) is 17.0 Å². The second-order valence-corrected chi connectivity index (χ2v) is 4.66. The molecule has 21 heavy (non-hydrogen) atoms. The number of nitrogens with one attached hydrogen (secondary N) is 1. The summed E-state index contributed by atoms with van der Waals surface area (Å²) in [6.45, 7) is 3.72. The van der Waals surface area contributed by atoms with Crippen molar-refractivity contribution in [3.63, 3.8) is 0 Å². The standard InChI is InChI=1S/C16H15N3O2/c1-11-6-7-12(2)19(11)18-16(21)14(10-17)8-13-4-3-5-15(20)9-13/h3-9,20H,1-2H3,(H,18,21)/b14-8-. The Morgan fingerprint density at radius 2 is 1.95 bits per heavy atom. The highest BCUT2D eigenvalue weighted by Gasteiger charge is 2.11. The molecule has 1 heterocycles. The summed E-state index contributed by atoms with van der Waals surface area (Å²) in [4.78, 5) is 12.2. The number of nitrogens with zero attached hydrogens (tertiary/aromatic N) is 2. The minimum atomic E-state index is -0.497. The average molecular weight is 281 g/mol. The number of carbonyl (C=O) groups is 1. The second-order valence-electron chi connectivity index (χ2n) is 4.66. The number of phenols is 1. The quantitative estimate of drug-likeness (QED) is 0.670. The van der Waals surface area contributed by atoms with Crippen molar-refractivity contribution in [3.05, 3.63) is 58.9 Å². The lowest BCUT2D eigenvalue weighted by Crippen LogP contribution is -2.25. The Morgan fingerprint density at radius 3 is 2.52 bits per heavy atom. The van der Waals surface area contributed by atoms with Gasteiger partial charge in [-0.3, -0.25) is 14.9 Å². The first kappa shape index (κ1) is 14.4. The number of benzene rings is 1. The Morgan fingerprint density at radius 1 is 1.29 bits per heavy atom. The van der Waals surface area contributed by atoms with Gasteiger partial charge in [0.2, 0.25) is 0 Å². The van der Waals surface area contributed by atoms with Crippen LogP contribution in [0.5, 0.6) is 5.75 Å². The number of amides is 1. The molecule has 5 nitrogen and oxygen atoms in total. The summed E-state index contributed by atoms with van der Waals surface area (Å²) < 4.78 is 1.62. The van der Waals surface area contributed by atoms with Gasteiger partial charge in [-0.15, -0.1) is 0 Å². The van der Waals surface area contributed by atoms with E-state index in [-0.39, 0.29) is 11.3 Å². The Hall–Kier alpha value is -3.00. The van der Waals surface area contributed by atoms with Crippen LogP contribution in [0.15, 0.2) is 42.0 Å². The van der Waals surface area contributed by atoms with Crippen LogP contribution in [0, 0.1) is 25.2 Å². The maximum absolute atomic E-state index is 12.2. The number of aromatic nitrogens is 1. The summed E-state index contributed by atoms with van der Waals surface area (Å²) in [7, 11) is 0. The first-order chi connectivity index (χ1) is 10.0. The Labute approximate surface area is 122 Å². The summed E-state index contributed by atoms with van der Waals surface area (Å²) in [5.41, 5.74) is 4.96. The Bertz CT molecular complexity index is 732. The molecule has 0 atom stereocenters. The molecule has 1 amide bonds. The van der Waals surface area contributed by atoms with Crippen molar-refractivity contribution >= 4 is 12.0 Å². The smallest absolute Gasteiger partial charge is 0.280 e. The first-order valence-corrected chi connectivity index (χ1v) is 6.38. The summed E-state index contributed by atoms with van der Waals surface area (Å²) in [6.07, 6.45) is 1.43. The molecule has 106 valence electrons. The number of aromatic hydroxyl groups is 1. The van der Waals surface area contributed by atoms with Crippen molar-refractivity contribution in [1.29, 1.82) is 5.26 Å². The van der Waals surface area contributed by atoms with Crippen molar-refractivity contribution < 1.29 is 9.90 Å². The van der Waals surface area contributed by atoms with E-state index in [1.807, 2.05) is 32.0 Å². The zero-order valence-electron chi connectivity index (χ0n) is 11.8. The fraction of sp³-hybridized carbons (Fsp3) is 0.125. The van der Waals surface area contributed by atoms with E-state index < -0.39 is 5.91 Å². The molecule has 0 aliphatic carbocycles. The monoisotopic (exact) mass is 281 g/mol. The van der Waals surface area contributed by atoms with Crippen LogP contribution in [0.3, 0.4) is 0 Å². The number of phenolic OH excluding ortho intramolecular Hbond substituents is 1. The summed E-state index contributed by atoms with van der Waals surface area (Å²) >= 11 is 0. The van der Waals surface area contributed by atoms with Crippen molar-refractivity contribution in [1.82, 2.24) is 4.68 Å². The highest BCUT2D eigenvalue weighted by atomic mass is 16.3. The van der Waals surface area contributed by atoms with Gasteiger partial charge in [0.1, 0.15) is 17.4 Å². The number of rotatable bonds is 3. The normalized spacial score (nSPS) is 11.0. The van der Waals surface area contributed by atoms with Gasteiger partial charge in [-0.25, -0.2) is 0 Å². The Kier molecular flexibility index (Phi) is 4.10. The van der Waals surface area contributed by atoms with E-state index >= 15 is 0 Å². The maximum atomic E-state index is 12.2. The minimum Gasteiger partial charge on any atom is -0.508 e. The molecule has 0 bridgehead atoms. The SMILES string of the molecule is Cc1ccc(C)n1NC(=O)/C(C#N)=C\c1cccc(O)c1. The van der Waals surface area contributed by atoms with Crippen LogP contribution in [0.2, 0.25) is 0 Å². The van der Waals surface area contributed by atoms with Gasteiger partial charge in [0.05, 0.1) is 0 Å².